The molecule has 0 saturated heterocycles. The largest absolute Gasteiger partial charge is 0.755 e. The van der Waals surface area contributed by atoms with Gasteiger partial charge in [-0.1, -0.05) is 0 Å². The molecule has 0 aromatic heterocycles. The maximum absolute atomic E-state index is 10.6. The fraction of sp³-hybridized carbons (Fsp3) is 0.400. The van der Waals surface area contributed by atoms with E-state index < -0.39 is 11.3 Å². The van der Waals surface area contributed by atoms with Gasteiger partial charge in [-0.3, -0.25) is 4.21 Å². The predicted octanol–water partition coefficient (Wildman–Crippen LogP) is 0.744. The van der Waals surface area contributed by atoms with E-state index in [-0.39, 0.29) is 6.61 Å². The lowest BCUT2D eigenvalue weighted by Crippen LogP contribution is -2.05. The van der Waals surface area contributed by atoms with Crippen LogP contribution in [-0.2, 0) is 17.7 Å². The van der Waals surface area contributed by atoms with Crippen LogP contribution in [0.2, 0.25) is 0 Å². The van der Waals surface area contributed by atoms with Crippen molar-refractivity contribution in [1.82, 2.24) is 0 Å². The molecule has 0 spiro atoms. The fourth-order valence-corrected chi connectivity index (χ4v) is 1.80. The number of aliphatic hydroxyl groups is 1. The Labute approximate surface area is 96.9 Å². The van der Waals surface area contributed by atoms with Gasteiger partial charge in [-0.2, -0.15) is 0 Å². The summed E-state index contributed by atoms with van der Waals surface area (Å²) in [5.41, 5.74) is 2.24. The van der Waals surface area contributed by atoms with Crippen molar-refractivity contribution in [2.45, 2.75) is 13.3 Å². The molecule has 1 atom stereocenters. The zero-order valence-corrected chi connectivity index (χ0v) is 9.97. The second kappa shape index (κ2) is 5.83. The Morgan fingerprint density at radius 1 is 1.56 bits per heavy atom. The first-order valence-corrected chi connectivity index (χ1v) is 5.80. The third-order valence-electron chi connectivity index (χ3n) is 2.23. The minimum atomic E-state index is -2.38. The maximum Gasteiger partial charge on any atom is 0.143 e. The van der Waals surface area contributed by atoms with E-state index in [1.165, 1.54) is 7.11 Å². The van der Waals surface area contributed by atoms with Crippen molar-refractivity contribution in [1.29, 1.82) is 0 Å². The van der Waals surface area contributed by atoms with E-state index in [1.54, 1.807) is 12.1 Å². The molecule has 6 heteroatoms. The molecule has 1 unspecified atom stereocenters. The Kier molecular flexibility index (Phi) is 4.72. The monoisotopic (exact) mass is 244 g/mol. The van der Waals surface area contributed by atoms with E-state index in [4.69, 9.17) is 9.84 Å². The quantitative estimate of drug-likeness (QED) is 0.749. The van der Waals surface area contributed by atoms with Crippen molar-refractivity contribution < 1.29 is 18.6 Å². The van der Waals surface area contributed by atoms with Crippen LogP contribution in [0.15, 0.2) is 12.1 Å². The third-order valence-corrected chi connectivity index (χ3v) is 2.62. The molecule has 1 aromatic carbocycles. The van der Waals surface area contributed by atoms with Crippen molar-refractivity contribution in [3.8, 4) is 5.75 Å². The van der Waals surface area contributed by atoms with Gasteiger partial charge in [0.1, 0.15) is 5.75 Å². The summed E-state index contributed by atoms with van der Waals surface area (Å²) in [4.78, 5) is 0. The summed E-state index contributed by atoms with van der Waals surface area (Å²) in [6, 6.07) is 3.40. The first kappa shape index (κ1) is 13.0. The lowest BCUT2D eigenvalue weighted by molar-refractivity contribution is 0.299. The van der Waals surface area contributed by atoms with Gasteiger partial charge in [0.05, 0.1) is 12.8 Å². The number of hydrogen-bond donors (Lipinski definition) is 2. The Morgan fingerprint density at radius 2 is 2.25 bits per heavy atom. The highest BCUT2D eigenvalue weighted by Crippen LogP contribution is 2.28. The van der Waals surface area contributed by atoms with E-state index in [0.29, 0.717) is 17.9 Å². The third kappa shape index (κ3) is 3.19. The van der Waals surface area contributed by atoms with E-state index in [0.717, 1.165) is 11.1 Å². The topological polar surface area (TPSA) is 81.6 Å². The lowest BCUT2D eigenvalue weighted by Gasteiger charge is -2.15. The summed E-state index contributed by atoms with van der Waals surface area (Å²) in [5, 5.41) is 8.87. The lowest BCUT2D eigenvalue weighted by atomic mass is 10.0. The van der Waals surface area contributed by atoms with Gasteiger partial charge in [-0.15, -0.1) is 0 Å². The zero-order chi connectivity index (χ0) is 12.1. The second-order valence-electron chi connectivity index (χ2n) is 3.29. The zero-order valence-electron chi connectivity index (χ0n) is 9.15. The van der Waals surface area contributed by atoms with Crippen LogP contribution in [0.25, 0.3) is 0 Å². The molecule has 1 aromatic rings. The first-order chi connectivity index (χ1) is 7.58. The number of anilines is 1. The molecule has 0 aliphatic heterocycles. The van der Waals surface area contributed by atoms with Gasteiger partial charge in [0.25, 0.3) is 0 Å². The van der Waals surface area contributed by atoms with Gasteiger partial charge in [-0.25, -0.2) is 0 Å². The van der Waals surface area contributed by atoms with Crippen LogP contribution in [-0.4, -0.2) is 27.6 Å². The molecule has 16 heavy (non-hydrogen) atoms. The maximum atomic E-state index is 10.6. The van der Waals surface area contributed by atoms with Gasteiger partial charge < -0.3 is 19.1 Å². The molecule has 1 rings (SSSR count). The van der Waals surface area contributed by atoms with E-state index in [1.807, 2.05) is 6.92 Å². The molecule has 0 fully saturated rings. The molecule has 0 amide bonds. The van der Waals surface area contributed by atoms with Gasteiger partial charge in [-0.05, 0) is 36.6 Å². The SMILES string of the molecule is COc1cc(CCO)c(C)cc1NS(=O)[O-]. The predicted molar refractivity (Wildman–Crippen MR) is 61.1 cm³/mol. The van der Waals surface area contributed by atoms with Crippen LogP contribution in [0, 0.1) is 6.92 Å². The Morgan fingerprint density at radius 3 is 2.75 bits per heavy atom. The molecule has 0 aliphatic rings. The van der Waals surface area contributed by atoms with Crippen molar-refractivity contribution in [2.75, 3.05) is 18.4 Å². The average Bonchev–Trinajstić information content (AvgIpc) is 2.21. The first-order valence-electron chi connectivity index (χ1n) is 4.72. The minimum absolute atomic E-state index is 0.0459. The highest BCUT2D eigenvalue weighted by Gasteiger charge is 2.07. The molecular formula is C10H14NO4S-. The molecule has 2 N–H and O–H groups in total. The number of methoxy groups -OCH3 is 1. The molecule has 0 heterocycles. The number of rotatable bonds is 5. The molecule has 5 nitrogen and oxygen atoms in total. The Hall–Kier alpha value is -1.11. The number of ether oxygens (including phenoxy) is 1. The number of aryl methyl sites for hydroxylation is 1. The van der Waals surface area contributed by atoms with Crippen molar-refractivity contribution in [2.24, 2.45) is 0 Å². The van der Waals surface area contributed by atoms with Gasteiger partial charge in [0, 0.05) is 17.9 Å². The van der Waals surface area contributed by atoms with E-state index >= 15 is 0 Å². The average molecular weight is 244 g/mol. The summed E-state index contributed by atoms with van der Waals surface area (Å²) < 4.78 is 28.4. The summed E-state index contributed by atoms with van der Waals surface area (Å²) in [7, 11) is 1.46. The summed E-state index contributed by atoms with van der Waals surface area (Å²) in [5.74, 6) is 0.443. The standard InChI is InChI=1S/C10H15NO4S/c1-7-5-9(11-16(13)14)10(15-2)6-8(7)3-4-12/h5-6,11-12H,3-4H2,1-2H3,(H,13,14)/p-1. The molecule has 0 radical (unpaired) electrons. The Bertz CT molecular complexity index is 395. The highest BCUT2D eigenvalue weighted by molar-refractivity contribution is 7.80. The van der Waals surface area contributed by atoms with E-state index in [2.05, 4.69) is 4.72 Å². The van der Waals surface area contributed by atoms with Crippen LogP contribution in [0.4, 0.5) is 5.69 Å². The van der Waals surface area contributed by atoms with Crippen LogP contribution >= 0.6 is 0 Å². The van der Waals surface area contributed by atoms with Gasteiger partial charge >= 0.3 is 0 Å². The number of hydrogen-bond acceptors (Lipinski definition) is 4. The molecule has 0 bridgehead atoms. The normalized spacial score (nSPS) is 12.2. The second-order valence-corrected chi connectivity index (χ2v) is 3.96. The summed E-state index contributed by atoms with van der Waals surface area (Å²) >= 11 is -2.38. The molecule has 0 saturated carbocycles. The number of nitrogens with one attached hydrogen (secondary N) is 1. The van der Waals surface area contributed by atoms with Crippen LogP contribution in [0.5, 0.6) is 5.75 Å². The smallest absolute Gasteiger partial charge is 0.143 e. The molecular weight excluding hydrogens is 230 g/mol. The Balaban J connectivity index is 3.10. The van der Waals surface area contributed by atoms with Gasteiger partial charge in [0.15, 0.2) is 0 Å². The fourth-order valence-electron chi connectivity index (χ4n) is 1.46. The highest BCUT2D eigenvalue weighted by atomic mass is 32.2. The molecule has 90 valence electrons. The van der Waals surface area contributed by atoms with Crippen LogP contribution < -0.4 is 9.46 Å². The van der Waals surface area contributed by atoms with Crippen molar-refractivity contribution in [3.63, 3.8) is 0 Å². The van der Waals surface area contributed by atoms with Crippen molar-refractivity contribution in [3.05, 3.63) is 23.3 Å². The summed E-state index contributed by atoms with van der Waals surface area (Å²) in [6.45, 7) is 1.90. The van der Waals surface area contributed by atoms with E-state index in [9.17, 15) is 8.76 Å². The van der Waals surface area contributed by atoms with Crippen LogP contribution in [0.3, 0.4) is 0 Å². The minimum Gasteiger partial charge on any atom is -0.755 e. The summed E-state index contributed by atoms with van der Waals surface area (Å²) in [6.07, 6.45) is 0.517. The number of aliphatic hydroxyl groups excluding tert-OH is 1. The number of benzene rings is 1. The van der Waals surface area contributed by atoms with Crippen LogP contribution in [0.1, 0.15) is 11.1 Å². The van der Waals surface area contributed by atoms with Crippen molar-refractivity contribution >= 4 is 17.0 Å². The van der Waals surface area contributed by atoms with Gasteiger partial charge in [0.2, 0.25) is 0 Å². The molecule has 0 aliphatic carbocycles.